The van der Waals surface area contributed by atoms with E-state index >= 15 is 0 Å². The van der Waals surface area contributed by atoms with E-state index in [1.54, 1.807) is 14.2 Å². The van der Waals surface area contributed by atoms with Gasteiger partial charge in [0.05, 0.1) is 6.61 Å². The van der Waals surface area contributed by atoms with E-state index < -0.39 is 0 Å². The Labute approximate surface area is 188 Å². The van der Waals surface area contributed by atoms with Crippen molar-refractivity contribution in [2.75, 3.05) is 53.6 Å². The van der Waals surface area contributed by atoms with Crippen LogP contribution in [0.25, 0.3) is 0 Å². The zero-order valence-corrected chi connectivity index (χ0v) is 19.4. The van der Waals surface area contributed by atoms with Crippen molar-refractivity contribution < 1.29 is 14.0 Å². The number of unbranched alkanes of at least 4 members (excludes halogenated alkanes) is 1. The van der Waals surface area contributed by atoms with Gasteiger partial charge in [-0.15, -0.1) is 0 Å². The summed E-state index contributed by atoms with van der Waals surface area (Å²) >= 11 is 0. The van der Waals surface area contributed by atoms with Crippen molar-refractivity contribution in [2.45, 2.75) is 38.5 Å². The first kappa shape index (κ1) is 23.6. The molecule has 4 heteroatoms. The number of hydrogen-bond donors (Lipinski definition) is 1. The first-order valence-corrected chi connectivity index (χ1v) is 11.8. The molecule has 31 heavy (non-hydrogen) atoms. The van der Waals surface area contributed by atoms with Gasteiger partial charge in [0.2, 0.25) is 0 Å². The van der Waals surface area contributed by atoms with Gasteiger partial charge in [0.1, 0.15) is 13.2 Å². The van der Waals surface area contributed by atoms with E-state index in [9.17, 15) is 0 Å². The highest BCUT2D eigenvalue weighted by molar-refractivity contribution is 5.98. The fourth-order valence-corrected chi connectivity index (χ4v) is 4.50. The lowest BCUT2D eigenvalue weighted by atomic mass is 9.92. The Hall–Kier alpha value is -2.01. The molecular weight excluding hydrogens is 384 g/mol. The number of rotatable bonds is 14. The summed E-state index contributed by atoms with van der Waals surface area (Å²) in [4.78, 5) is 0. The van der Waals surface area contributed by atoms with E-state index in [0.29, 0.717) is 0 Å². The van der Waals surface area contributed by atoms with Gasteiger partial charge in [0.25, 0.3) is 0 Å². The quantitative estimate of drug-likeness (QED) is 0.370. The maximum atomic E-state index is 5.36. The Morgan fingerprint density at radius 2 is 1.52 bits per heavy atom. The molecule has 0 saturated carbocycles. The van der Waals surface area contributed by atoms with Crippen LogP contribution < -0.4 is 5.32 Å². The van der Waals surface area contributed by atoms with Crippen molar-refractivity contribution in [3.05, 3.63) is 70.8 Å². The summed E-state index contributed by atoms with van der Waals surface area (Å²) in [6.07, 6.45) is 6.94. The number of aryl methyl sites for hydroxylation is 1. The smallest absolute Gasteiger partial charge is 0.183 e. The molecule has 1 aliphatic heterocycles. The van der Waals surface area contributed by atoms with Gasteiger partial charge < -0.3 is 14.8 Å². The van der Waals surface area contributed by atoms with Gasteiger partial charge in [-0.2, -0.15) is 0 Å². The molecule has 0 amide bonds. The number of benzene rings is 2. The molecule has 0 aliphatic carbocycles. The predicted octanol–water partition coefficient (Wildman–Crippen LogP) is 3.88. The number of hydrogen-bond acceptors (Lipinski definition) is 3. The third kappa shape index (κ3) is 7.27. The van der Waals surface area contributed by atoms with Crippen LogP contribution in [0.3, 0.4) is 0 Å². The van der Waals surface area contributed by atoms with Gasteiger partial charge in [-0.3, -0.25) is 0 Å². The minimum absolute atomic E-state index is 0.769. The molecule has 0 bridgehead atoms. The Balaban J connectivity index is 1.55. The fourth-order valence-electron chi connectivity index (χ4n) is 4.50. The average molecular weight is 424 g/mol. The molecule has 2 aromatic rings. The molecule has 2 aromatic carbocycles. The van der Waals surface area contributed by atoms with Crippen molar-refractivity contribution in [1.29, 1.82) is 0 Å². The van der Waals surface area contributed by atoms with Gasteiger partial charge in [0, 0.05) is 39.2 Å². The SMILES string of the molecule is COCCNCCc1ccccc1CCCCC1=[N+](CCOC)CCc2ccccc21. The second kappa shape index (κ2) is 13.4. The second-order valence-electron chi connectivity index (χ2n) is 8.30. The summed E-state index contributed by atoms with van der Waals surface area (Å²) in [6.45, 7) is 5.57. The molecule has 1 heterocycles. The first-order valence-electron chi connectivity index (χ1n) is 11.8. The van der Waals surface area contributed by atoms with Gasteiger partial charge in [0.15, 0.2) is 12.3 Å². The summed E-state index contributed by atoms with van der Waals surface area (Å²) in [5.74, 6) is 0. The van der Waals surface area contributed by atoms with Gasteiger partial charge in [-0.05, 0) is 55.0 Å². The number of fused-ring (bicyclic) bond motifs is 1. The normalized spacial score (nSPS) is 13.5. The minimum Gasteiger partial charge on any atom is -0.383 e. The van der Waals surface area contributed by atoms with E-state index in [1.807, 2.05) is 0 Å². The van der Waals surface area contributed by atoms with Crippen molar-refractivity contribution in [2.24, 2.45) is 0 Å². The Morgan fingerprint density at radius 1 is 0.806 bits per heavy atom. The first-order chi connectivity index (χ1) is 15.3. The Kier molecular flexibility index (Phi) is 10.2. The Morgan fingerprint density at radius 3 is 2.32 bits per heavy atom. The molecule has 0 radical (unpaired) electrons. The number of nitrogens with one attached hydrogen (secondary N) is 1. The van der Waals surface area contributed by atoms with Crippen LogP contribution in [-0.4, -0.2) is 63.9 Å². The molecule has 0 spiro atoms. The molecule has 4 nitrogen and oxygen atoms in total. The summed E-state index contributed by atoms with van der Waals surface area (Å²) < 4.78 is 13.0. The van der Waals surface area contributed by atoms with E-state index in [2.05, 4.69) is 58.4 Å². The lowest BCUT2D eigenvalue weighted by Crippen LogP contribution is -2.32. The number of methoxy groups -OCH3 is 2. The van der Waals surface area contributed by atoms with Crippen LogP contribution in [0, 0.1) is 0 Å². The van der Waals surface area contributed by atoms with Crippen LogP contribution in [0.1, 0.15) is 41.5 Å². The monoisotopic (exact) mass is 423 g/mol. The minimum atomic E-state index is 0.769. The highest BCUT2D eigenvalue weighted by Gasteiger charge is 2.24. The third-order valence-electron chi connectivity index (χ3n) is 6.21. The van der Waals surface area contributed by atoms with Crippen molar-refractivity contribution >= 4 is 5.71 Å². The summed E-state index contributed by atoms with van der Waals surface area (Å²) in [5, 5.41) is 3.46. The van der Waals surface area contributed by atoms with E-state index in [4.69, 9.17) is 9.47 Å². The molecule has 1 aliphatic rings. The van der Waals surface area contributed by atoms with Gasteiger partial charge >= 0.3 is 0 Å². The van der Waals surface area contributed by atoms with E-state index in [-0.39, 0.29) is 0 Å². The lowest BCUT2D eigenvalue weighted by Gasteiger charge is -2.19. The third-order valence-corrected chi connectivity index (χ3v) is 6.21. The van der Waals surface area contributed by atoms with E-state index in [1.165, 1.54) is 40.8 Å². The maximum absolute atomic E-state index is 5.36. The summed E-state index contributed by atoms with van der Waals surface area (Å²) in [6, 6.07) is 17.9. The molecule has 0 atom stereocenters. The molecule has 0 unspecified atom stereocenters. The highest BCUT2D eigenvalue weighted by Crippen LogP contribution is 2.20. The molecule has 1 N–H and O–H groups in total. The van der Waals surface area contributed by atoms with Gasteiger partial charge in [-0.25, -0.2) is 4.58 Å². The molecule has 0 aromatic heterocycles. The molecule has 168 valence electrons. The Bertz CT molecular complexity index is 831. The van der Waals surface area contributed by atoms with Crippen LogP contribution >= 0.6 is 0 Å². The fraction of sp³-hybridized carbons (Fsp3) is 0.519. The maximum Gasteiger partial charge on any atom is 0.183 e. The van der Waals surface area contributed by atoms with E-state index in [0.717, 1.165) is 65.1 Å². The number of ether oxygens (including phenoxy) is 2. The number of nitrogens with zero attached hydrogens (tertiary/aromatic N) is 1. The topological polar surface area (TPSA) is 33.5 Å². The van der Waals surface area contributed by atoms with Crippen LogP contribution in [-0.2, 0) is 28.7 Å². The largest absolute Gasteiger partial charge is 0.383 e. The van der Waals surface area contributed by atoms with Crippen LogP contribution in [0.4, 0.5) is 0 Å². The zero-order chi connectivity index (χ0) is 21.7. The molecule has 3 rings (SSSR count). The van der Waals surface area contributed by atoms with Crippen LogP contribution in [0.15, 0.2) is 48.5 Å². The van der Waals surface area contributed by atoms with Crippen LogP contribution in [0.2, 0.25) is 0 Å². The highest BCUT2D eigenvalue weighted by atomic mass is 16.5. The zero-order valence-electron chi connectivity index (χ0n) is 19.4. The molecule has 0 saturated heterocycles. The van der Waals surface area contributed by atoms with Crippen molar-refractivity contribution in [1.82, 2.24) is 5.32 Å². The summed E-state index contributed by atoms with van der Waals surface area (Å²) in [5.41, 5.74) is 7.44. The second-order valence-corrected chi connectivity index (χ2v) is 8.30. The van der Waals surface area contributed by atoms with Crippen molar-refractivity contribution in [3.8, 4) is 0 Å². The molecule has 0 fully saturated rings. The predicted molar refractivity (Wildman–Crippen MR) is 129 cm³/mol. The van der Waals surface area contributed by atoms with Crippen molar-refractivity contribution in [3.63, 3.8) is 0 Å². The molecular formula is C27H39N2O2+. The van der Waals surface area contributed by atoms with Crippen LogP contribution in [0.5, 0.6) is 0 Å². The summed E-state index contributed by atoms with van der Waals surface area (Å²) in [7, 11) is 3.54. The standard InChI is InChI=1S/C27H39N2O2/c1-30-21-18-28-17-15-24-11-4-3-9-23(24)10-6-8-14-27-26-13-7-5-12-25(26)16-19-29(27)20-22-31-2/h3-5,7,9,11-13,28H,6,8,10,14-22H2,1-2H3/q+1. The van der Waals surface area contributed by atoms with Gasteiger partial charge in [-0.1, -0.05) is 42.5 Å². The average Bonchev–Trinajstić information content (AvgIpc) is 2.81. The lowest BCUT2D eigenvalue weighted by molar-refractivity contribution is -0.532.